The molecule has 3 heterocycles. The number of aryl methyl sites for hydroxylation is 3. The van der Waals surface area contributed by atoms with Crippen molar-refractivity contribution in [1.29, 1.82) is 0 Å². The summed E-state index contributed by atoms with van der Waals surface area (Å²) in [6, 6.07) is 11.3. The Morgan fingerprint density at radius 1 is 1.06 bits per heavy atom. The molecule has 0 atom stereocenters. The highest BCUT2D eigenvalue weighted by atomic mass is 16.2. The minimum Gasteiger partial charge on any atom is -0.382 e. The first-order valence-electron chi connectivity index (χ1n) is 13.4. The Bertz CT molecular complexity index is 1190. The number of amides is 1. The van der Waals surface area contributed by atoms with Crippen LogP contribution in [-0.2, 0) is 17.8 Å². The number of aromatic nitrogens is 3. The van der Waals surface area contributed by atoms with Gasteiger partial charge in [-0.15, -0.1) is 0 Å². The lowest BCUT2D eigenvalue weighted by atomic mass is 9.85. The summed E-state index contributed by atoms with van der Waals surface area (Å²) in [6.07, 6.45) is 4.80. The molecule has 1 saturated heterocycles. The first-order valence-corrected chi connectivity index (χ1v) is 13.4. The fourth-order valence-corrected chi connectivity index (χ4v) is 5.53. The zero-order chi connectivity index (χ0) is 25.1. The molecule has 8 heteroatoms. The number of nitrogens with one attached hydrogen (secondary N) is 3. The van der Waals surface area contributed by atoms with Crippen LogP contribution in [0.15, 0.2) is 30.3 Å². The zero-order valence-electron chi connectivity index (χ0n) is 21.8. The maximum atomic E-state index is 12.7. The van der Waals surface area contributed by atoms with E-state index in [-0.39, 0.29) is 11.8 Å². The van der Waals surface area contributed by atoms with Crippen molar-refractivity contribution in [2.75, 3.05) is 31.5 Å². The van der Waals surface area contributed by atoms with Crippen molar-refractivity contribution in [3.05, 3.63) is 53.0 Å². The number of carbonyl (C=O) groups is 1. The fourth-order valence-electron chi connectivity index (χ4n) is 5.53. The first-order chi connectivity index (χ1) is 17.5. The number of hydrogen-bond acceptors (Lipinski definition) is 6. The van der Waals surface area contributed by atoms with Gasteiger partial charge >= 0.3 is 0 Å². The van der Waals surface area contributed by atoms with E-state index in [4.69, 9.17) is 9.97 Å². The highest BCUT2D eigenvalue weighted by Gasteiger charge is 2.27. The van der Waals surface area contributed by atoms with Crippen LogP contribution in [0, 0.1) is 19.8 Å². The quantitative estimate of drug-likeness (QED) is 0.470. The number of pyridine rings is 1. The molecular formula is C28H39N7O. The summed E-state index contributed by atoms with van der Waals surface area (Å²) in [7, 11) is 0. The van der Waals surface area contributed by atoms with E-state index in [2.05, 4.69) is 69.8 Å². The van der Waals surface area contributed by atoms with Gasteiger partial charge in [-0.05, 0) is 68.9 Å². The van der Waals surface area contributed by atoms with E-state index in [9.17, 15) is 4.79 Å². The third kappa shape index (κ3) is 5.55. The van der Waals surface area contributed by atoms with Gasteiger partial charge < -0.3 is 15.2 Å². The number of hydrogen-bond donors (Lipinski definition) is 3. The normalized spacial score (nSPS) is 21.0. The predicted octanol–water partition coefficient (Wildman–Crippen LogP) is 3.57. The lowest BCUT2D eigenvalue weighted by molar-refractivity contribution is -0.131. The Kier molecular flexibility index (Phi) is 7.53. The van der Waals surface area contributed by atoms with Gasteiger partial charge in [0.15, 0.2) is 5.65 Å². The second-order valence-electron chi connectivity index (χ2n) is 10.3. The van der Waals surface area contributed by atoms with Gasteiger partial charge in [0, 0.05) is 55.9 Å². The van der Waals surface area contributed by atoms with Crippen molar-refractivity contribution >= 4 is 22.8 Å². The average Bonchev–Trinajstić information content (AvgIpc) is 3.24. The molecule has 0 radical (unpaired) electrons. The average molecular weight is 490 g/mol. The van der Waals surface area contributed by atoms with Crippen LogP contribution >= 0.6 is 0 Å². The second kappa shape index (κ2) is 11.0. The molecule has 8 nitrogen and oxygen atoms in total. The van der Waals surface area contributed by atoms with Crippen molar-refractivity contribution in [3.63, 3.8) is 0 Å². The van der Waals surface area contributed by atoms with Crippen molar-refractivity contribution in [3.8, 4) is 0 Å². The molecule has 1 amide bonds. The highest BCUT2D eigenvalue weighted by molar-refractivity contribution is 5.78. The van der Waals surface area contributed by atoms with Crippen LogP contribution in [0.2, 0.25) is 0 Å². The van der Waals surface area contributed by atoms with Crippen molar-refractivity contribution < 1.29 is 4.79 Å². The molecule has 1 aliphatic heterocycles. The third-order valence-electron chi connectivity index (χ3n) is 7.57. The van der Waals surface area contributed by atoms with Gasteiger partial charge in [-0.3, -0.25) is 10.2 Å². The second-order valence-corrected chi connectivity index (χ2v) is 10.3. The summed E-state index contributed by atoms with van der Waals surface area (Å²) < 4.78 is 2.25. The van der Waals surface area contributed by atoms with Crippen LogP contribution in [0.1, 0.15) is 55.3 Å². The van der Waals surface area contributed by atoms with Gasteiger partial charge in [-0.25, -0.2) is 15.0 Å². The van der Waals surface area contributed by atoms with Gasteiger partial charge in [0.25, 0.3) is 0 Å². The Morgan fingerprint density at radius 3 is 2.47 bits per heavy atom. The number of rotatable bonds is 7. The van der Waals surface area contributed by atoms with E-state index < -0.39 is 0 Å². The van der Waals surface area contributed by atoms with Crippen LogP contribution in [0.3, 0.4) is 0 Å². The molecule has 0 spiro atoms. The van der Waals surface area contributed by atoms with E-state index in [0.29, 0.717) is 6.04 Å². The number of anilines is 1. The molecule has 2 fully saturated rings. The van der Waals surface area contributed by atoms with Crippen molar-refractivity contribution in [2.45, 2.75) is 65.5 Å². The Hall–Kier alpha value is -2.97. The molecule has 1 saturated carbocycles. The lowest BCUT2D eigenvalue weighted by Crippen LogP contribution is -2.53. The summed E-state index contributed by atoms with van der Waals surface area (Å²) >= 11 is 0. The molecule has 1 aliphatic carbocycles. The summed E-state index contributed by atoms with van der Waals surface area (Å²) in [6.45, 7) is 10.7. The number of carbonyl (C=O) groups excluding carboxylic acids is 1. The molecule has 3 N–H and O–H groups in total. The molecule has 192 valence electrons. The van der Waals surface area contributed by atoms with Crippen molar-refractivity contribution in [2.24, 2.45) is 5.92 Å². The summed E-state index contributed by atoms with van der Waals surface area (Å²) in [4.78, 5) is 22.3. The molecule has 3 aromatic rings. The number of piperazine rings is 1. The van der Waals surface area contributed by atoms with Crippen LogP contribution in [0.5, 0.6) is 0 Å². The van der Waals surface area contributed by atoms with E-state index in [0.717, 1.165) is 93.2 Å². The van der Waals surface area contributed by atoms with E-state index >= 15 is 0 Å². The maximum absolute atomic E-state index is 12.7. The number of benzene rings is 1. The minimum absolute atomic E-state index is 0.124. The van der Waals surface area contributed by atoms with Crippen LogP contribution in [0.25, 0.3) is 11.2 Å². The monoisotopic (exact) mass is 489 g/mol. The van der Waals surface area contributed by atoms with E-state index in [1.54, 1.807) is 0 Å². The predicted molar refractivity (Wildman–Crippen MR) is 144 cm³/mol. The maximum Gasteiger partial charge on any atom is 0.237 e. The number of hydrazine groups is 1. The van der Waals surface area contributed by atoms with Gasteiger partial charge in [-0.2, -0.15) is 0 Å². The molecule has 2 aliphatic rings. The molecule has 2 aromatic heterocycles. The largest absolute Gasteiger partial charge is 0.382 e. The topological polar surface area (TPSA) is 87.1 Å². The van der Waals surface area contributed by atoms with Crippen LogP contribution < -0.4 is 16.1 Å². The molecule has 0 unspecified atom stereocenters. The number of fused-ring (bicyclic) bond motifs is 1. The SMILES string of the molecule is CCc1nc2c(C)cc(C)nc2n1Cc1ccc(NC2CCC(C(=O)NN3CCNCC3)CC2)cc1. The molecule has 36 heavy (non-hydrogen) atoms. The number of nitrogens with zero attached hydrogens (tertiary/aromatic N) is 4. The van der Waals surface area contributed by atoms with Crippen LogP contribution in [0.4, 0.5) is 5.69 Å². The third-order valence-corrected chi connectivity index (χ3v) is 7.57. The summed E-state index contributed by atoms with van der Waals surface area (Å²) in [5.74, 6) is 1.39. The Balaban J connectivity index is 1.16. The van der Waals surface area contributed by atoms with E-state index in [1.807, 2.05) is 6.92 Å². The molecule has 5 rings (SSSR count). The standard InChI is InChI=1S/C28H39N7O/c1-4-25-32-26-19(2)17-20(3)30-27(26)35(25)18-21-5-9-23(10-6-21)31-24-11-7-22(8-12-24)28(36)33-34-15-13-29-14-16-34/h5-6,9-10,17,22,24,29,31H,4,7-8,11-16,18H2,1-3H3,(H,33,36). The first kappa shape index (κ1) is 24.7. The molecular weight excluding hydrogens is 450 g/mol. The van der Waals surface area contributed by atoms with Gasteiger partial charge in [0.05, 0.1) is 6.54 Å². The summed E-state index contributed by atoms with van der Waals surface area (Å²) in [5, 5.41) is 9.07. The Labute approximate surface area is 213 Å². The fraction of sp³-hybridized carbons (Fsp3) is 0.536. The van der Waals surface area contributed by atoms with Crippen molar-refractivity contribution in [1.82, 2.24) is 30.3 Å². The molecule has 0 bridgehead atoms. The minimum atomic E-state index is 0.124. The smallest absolute Gasteiger partial charge is 0.237 e. The summed E-state index contributed by atoms with van der Waals surface area (Å²) in [5.41, 5.74) is 9.70. The van der Waals surface area contributed by atoms with Crippen LogP contribution in [-0.4, -0.2) is 57.7 Å². The van der Waals surface area contributed by atoms with E-state index in [1.165, 1.54) is 11.1 Å². The van der Waals surface area contributed by atoms with Gasteiger partial charge in [-0.1, -0.05) is 19.1 Å². The van der Waals surface area contributed by atoms with Gasteiger partial charge in [0.1, 0.15) is 11.3 Å². The Morgan fingerprint density at radius 2 is 1.78 bits per heavy atom. The highest BCUT2D eigenvalue weighted by Crippen LogP contribution is 2.27. The van der Waals surface area contributed by atoms with Gasteiger partial charge in [0.2, 0.25) is 5.91 Å². The number of imidazole rings is 1. The lowest BCUT2D eigenvalue weighted by Gasteiger charge is -2.32. The zero-order valence-corrected chi connectivity index (χ0v) is 21.8. The molecule has 1 aromatic carbocycles.